The van der Waals surface area contributed by atoms with Gasteiger partial charge in [0.05, 0.1) is 5.69 Å². The minimum atomic E-state index is -0.778. The second-order valence-electron chi connectivity index (χ2n) is 4.51. The van der Waals surface area contributed by atoms with Gasteiger partial charge < -0.3 is 5.11 Å². The topological polar surface area (TPSA) is 32.6 Å². The number of hydrogen-bond acceptors (Lipinski definition) is 2. The fraction of sp³-hybridized carbons (Fsp3) is 0.118. The smallest absolute Gasteiger partial charge is 0.105 e. The molecule has 2 rings (SSSR count). The van der Waals surface area contributed by atoms with Gasteiger partial charge in [-0.1, -0.05) is 48.5 Å². The maximum Gasteiger partial charge on any atom is 0.105 e. The van der Waals surface area contributed by atoms with Crippen molar-refractivity contribution in [2.24, 2.45) is 4.99 Å². The zero-order chi connectivity index (χ0) is 14.5. The molecule has 0 radical (unpaired) electrons. The molecule has 0 heterocycles. The monoisotopic (exact) mass is 285 g/mol. The van der Waals surface area contributed by atoms with E-state index in [1.165, 1.54) is 0 Å². The van der Waals surface area contributed by atoms with Gasteiger partial charge in [0.25, 0.3) is 0 Å². The molecule has 1 atom stereocenters. The summed E-state index contributed by atoms with van der Waals surface area (Å²) in [4.78, 5) is 4.45. The molecule has 0 aliphatic rings. The van der Waals surface area contributed by atoms with E-state index in [9.17, 15) is 5.11 Å². The summed E-state index contributed by atoms with van der Waals surface area (Å²) >= 11 is 5.84. The highest BCUT2D eigenvalue weighted by Crippen LogP contribution is 2.24. The molecular weight excluding hydrogens is 270 g/mol. The van der Waals surface area contributed by atoms with Gasteiger partial charge in [0, 0.05) is 10.7 Å². The third kappa shape index (κ3) is 3.56. The Morgan fingerprint density at radius 2 is 1.70 bits per heavy atom. The summed E-state index contributed by atoms with van der Waals surface area (Å²) in [6, 6.07) is 16.7. The number of rotatable bonds is 4. The lowest BCUT2D eigenvalue weighted by Crippen LogP contribution is -2.07. The fourth-order valence-corrected chi connectivity index (χ4v) is 1.94. The lowest BCUT2D eigenvalue weighted by Gasteiger charge is -2.14. The van der Waals surface area contributed by atoms with Gasteiger partial charge in [-0.2, -0.15) is 0 Å². The van der Waals surface area contributed by atoms with E-state index >= 15 is 0 Å². The second-order valence-corrected chi connectivity index (χ2v) is 4.95. The first kappa shape index (κ1) is 14.5. The van der Waals surface area contributed by atoms with Crippen molar-refractivity contribution in [3.8, 4) is 0 Å². The number of aliphatic imine (C=N–C) groups is 1. The number of nitrogens with zero attached hydrogens (tertiary/aromatic N) is 1. The largest absolute Gasteiger partial charge is 0.384 e. The summed E-state index contributed by atoms with van der Waals surface area (Å²) in [5.41, 5.74) is 2.88. The lowest BCUT2D eigenvalue weighted by atomic mass is 10.00. The first-order chi connectivity index (χ1) is 9.58. The minimum absolute atomic E-state index is 0.580. The number of halogens is 1. The van der Waals surface area contributed by atoms with E-state index in [1.54, 1.807) is 24.3 Å². The Kier molecular flexibility index (Phi) is 4.72. The molecule has 102 valence electrons. The van der Waals surface area contributed by atoms with Crippen LogP contribution >= 0.6 is 11.6 Å². The Balaban J connectivity index is 2.18. The average Bonchev–Trinajstić information content (AvgIpc) is 2.47. The van der Waals surface area contributed by atoms with Crippen LogP contribution in [0.2, 0.25) is 5.02 Å². The lowest BCUT2D eigenvalue weighted by molar-refractivity contribution is 0.222. The molecule has 20 heavy (non-hydrogen) atoms. The minimum Gasteiger partial charge on any atom is -0.384 e. The number of benzene rings is 2. The molecule has 2 aromatic rings. The molecule has 2 nitrogen and oxygen atoms in total. The van der Waals surface area contributed by atoms with Crippen molar-refractivity contribution in [3.63, 3.8) is 0 Å². The highest BCUT2D eigenvalue weighted by molar-refractivity contribution is 6.30. The molecule has 0 bridgehead atoms. The van der Waals surface area contributed by atoms with Crippen LogP contribution in [0, 0.1) is 0 Å². The molecule has 0 amide bonds. The summed E-state index contributed by atoms with van der Waals surface area (Å²) < 4.78 is 0. The number of para-hydroxylation sites is 1. The third-order valence-corrected chi connectivity index (χ3v) is 3.29. The van der Waals surface area contributed by atoms with E-state index in [-0.39, 0.29) is 0 Å². The van der Waals surface area contributed by atoms with Gasteiger partial charge in [0.2, 0.25) is 0 Å². The van der Waals surface area contributed by atoms with Gasteiger partial charge in [-0.3, -0.25) is 4.99 Å². The van der Waals surface area contributed by atoms with E-state index in [2.05, 4.69) is 11.6 Å². The van der Waals surface area contributed by atoms with Crippen LogP contribution in [-0.2, 0) is 0 Å². The van der Waals surface area contributed by atoms with Crippen molar-refractivity contribution >= 4 is 23.0 Å². The van der Waals surface area contributed by atoms with Crippen molar-refractivity contribution in [3.05, 3.63) is 77.3 Å². The maximum absolute atomic E-state index is 10.3. The van der Waals surface area contributed by atoms with Gasteiger partial charge in [-0.05, 0) is 42.3 Å². The van der Waals surface area contributed by atoms with E-state index in [0.29, 0.717) is 16.3 Å². The highest BCUT2D eigenvalue weighted by Gasteiger charge is 2.13. The quantitative estimate of drug-likeness (QED) is 0.810. The normalized spacial score (nSPS) is 13.1. The van der Waals surface area contributed by atoms with Crippen molar-refractivity contribution in [1.82, 2.24) is 0 Å². The SMILES string of the molecule is C=C(C(C)=Nc1ccccc1)[C@H](O)c1ccc(Cl)cc1. The third-order valence-electron chi connectivity index (χ3n) is 3.03. The summed E-state index contributed by atoms with van der Waals surface area (Å²) in [5, 5.41) is 10.9. The van der Waals surface area contributed by atoms with Crippen LogP contribution in [0.3, 0.4) is 0 Å². The van der Waals surface area contributed by atoms with Crippen molar-refractivity contribution in [2.75, 3.05) is 0 Å². The van der Waals surface area contributed by atoms with E-state index < -0.39 is 6.10 Å². The van der Waals surface area contributed by atoms with Crippen molar-refractivity contribution in [2.45, 2.75) is 13.0 Å². The van der Waals surface area contributed by atoms with Crippen LogP contribution in [0.25, 0.3) is 0 Å². The highest BCUT2D eigenvalue weighted by atomic mass is 35.5. The van der Waals surface area contributed by atoms with E-state index in [1.807, 2.05) is 37.3 Å². The van der Waals surface area contributed by atoms with Crippen molar-refractivity contribution < 1.29 is 5.11 Å². The van der Waals surface area contributed by atoms with E-state index in [0.717, 1.165) is 11.3 Å². The Hall–Kier alpha value is -1.90. The van der Waals surface area contributed by atoms with Gasteiger partial charge >= 0.3 is 0 Å². The standard InChI is InChI=1S/C17H16ClNO/c1-12(13(2)19-16-6-4-3-5-7-16)17(20)14-8-10-15(18)11-9-14/h3-11,17,20H,1H2,2H3/t17-/m0/s1. The Labute approximate surface area is 124 Å². The van der Waals surface area contributed by atoms with Gasteiger partial charge in [0.1, 0.15) is 6.10 Å². The Bertz CT molecular complexity index is 617. The molecular formula is C17H16ClNO. The molecule has 0 unspecified atom stereocenters. The first-order valence-corrected chi connectivity index (χ1v) is 6.69. The summed E-state index contributed by atoms with van der Waals surface area (Å²) in [6.45, 7) is 5.78. The predicted octanol–water partition coefficient (Wildman–Crippen LogP) is 4.72. The molecule has 0 aliphatic carbocycles. The number of aliphatic hydroxyl groups is 1. The van der Waals surface area contributed by atoms with Crippen LogP contribution in [0.5, 0.6) is 0 Å². The number of hydrogen-bond donors (Lipinski definition) is 1. The predicted molar refractivity (Wildman–Crippen MR) is 84.8 cm³/mol. The van der Waals surface area contributed by atoms with Gasteiger partial charge in [0.15, 0.2) is 0 Å². The van der Waals surface area contributed by atoms with Crippen molar-refractivity contribution in [1.29, 1.82) is 0 Å². The van der Waals surface area contributed by atoms with E-state index in [4.69, 9.17) is 11.6 Å². The van der Waals surface area contributed by atoms with Crippen LogP contribution in [0.15, 0.2) is 71.7 Å². The average molecular weight is 286 g/mol. The summed E-state index contributed by atoms with van der Waals surface area (Å²) in [5.74, 6) is 0. The van der Waals surface area contributed by atoms with Crippen LogP contribution < -0.4 is 0 Å². The Morgan fingerprint density at radius 3 is 2.30 bits per heavy atom. The maximum atomic E-state index is 10.3. The summed E-state index contributed by atoms with van der Waals surface area (Å²) in [6.07, 6.45) is -0.778. The number of aliphatic hydroxyl groups excluding tert-OH is 1. The second kappa shape index (κ2) is 6.51. The zero-order valence-corrected chi connectivity index (χ0v) is 12.0. The molecule has 0 fully saturated rings. The zero-order valence-electron chi connectivity index (χ0n) is 11.3. The van der Waals surface area contributed by atoms with Crippen LogP contribution in [0.4, 0.5) is 5.69 Å². The Morgan fingerprint density at radius 1 is 1.10 bits per heavy atom. The molecule has 0 aromatic heterocycles. The van der Waals surface area contributed by atoms with Crippen LogP contribution in [0.1, 0.15) is 18.6 Å². The van der Waals surface area contributed by atoms with Gasteiger partial charge in [-0.15, -0.1) is 0 Å². The molecule has 1 N–H and O–H groups in total. The molecule has 0 saturated heterocycles. The van der Waals surface area contributed by atoms with Crippen LogP contribution in [-0.4, -0.2) is 10.8 Å². The molecule has 2 aromatic carbocycles. The molecule has 0 spiro atoms. The summed E-state index contributed by atoms with van der Waals surface area (Å²) in [7, 11) is 0. The molecule has 3 heteroatoms. The fourth-order valence-electron chi connectivity index (χ4n) is 1.81. The van der Waals surface area contributed by atoms with Gasteiger partial charge in [-0.25, -0.2) is 0 Å². The first-order valence-electron chi connectivity index (χ1n) is 6.31. The molecule has 0 aliphatic heterocycles. The molecule has 0 saturated carbocycles.